The monoisotopic (exact) mass is 352 g/mol. The Morgan fingerprint density at radius 3 is 2.87 bits per heavy atom. The Morgan fingerprint density at radius 2 is 2.20 bits per heavy atom. The Morgan fingerprint density at radius 1 is 1.40 bits per heavy atom. The summed E-state index contributed by atoms with van der Waals surface area (Å²) in [6, 6.07) is 4.91. The predicted octanol–water partition coefficient (Wildman–Crippen LogP) is 4.26. The molecule has 1 aromatic rings. The van der Waals surface area contributed by atoms with Gasteiger partial charge in [0.05, 0.1) is 0 Å². The van der Waals surface area contributed by atoms with E-state index in [1.54, 1.807) is 12.1 Å². The summed E-state index contributed by atoms with van der Waals surface area (Å²) in [5.74, 6) is 2.80. The van der Waals surface area contributed by atoms with Crippen molar-refractivity contribution >= 4 is 43.6 Å². The highest BCUT2D eigenvalue weighted by Crippen LogP contribution is 2.33. The average Bonchev–Trinajstić information content (AvgIpc) is 2.58. The van der Waals surface area contributed by atoms with Crippen LogP contribution in [0.15, 0.2) is 22.7 Å². The van der Waals surface area contributed by atoms with Gasteiger partial charge in [-0.15, -0.1) is 0 Å². The summed E-state index contributed by atoms with van der Waals surface area (Å²) in [5.41, 5.74) is 1.08. The van der Waals surface area contributed by atoms with Gasteiger partial charge in [0.1, 0.15) is 5.82 Å². The van der Waals surface area contributed by atoms with E-state index in [0.29, 0.717) is 10.7 Å². The van der Waals surface area contributed by atoms with Crippen LogP contribution in [0, 0.1) is 11.7 Å². The highest BCUT2D eigenvalue weighted by molar-refractivity contribution is 9.10. The van der Waals surface area contributed by atoms with Gasteiger partial charge in [-0.1, -0.05) is 31.9 Å². The first kappa shape index (κ1) is 11.9. The first-order valence-electron chi connectivity index (χ1n) is 4.82. The number of thioether (sulfide) groups is 1. The number of alkyl halides is 1. The molecule has 0 spiro atoms. The molecule has 0 nitrogen and oxygen atoms in total. The van der Waals surface area contributed by atoms with E-state index >= 15 is 0 Å². The van der Waals surface area contributed by atoms with Crippen LogP contribution in [0.1, 0.15) is 5.56 Å². The lowest BCUT2D eigenvalue weighted by Crippen LogP contribution is -2.14. The molecule has 0 bridgehead atoms. The third kappa shape index (κ3) is 2.98. The van der Waals surface area contributed by atoms with Crippen LogP contribution < -0.4 is 0 Å². The highest BCUT2D eigenvalue weighted by atomic mass is 79.9. The molecule has 1 heterocycles. The van der Waals surface area contributed by atoms with Gasteiger partial charge in [0.15, 0.2) is 0 Å². The average molecular weight is 354 g/mol. The van der Waals surface area contributed by atoms with E-state index in [4.69, 9.17) is 0 Å². The zero-order valence-electron chi connectivity index (χ0n) is 8.05. The molecule has 0 amide bonds. The smallest absolute Gasteiger partial charge is 0.123 e. The van der Waals surface area contributed by atoms with E-state index in [0.717, 1.165) is 22.2 Å². The molecule has 0 radical (unpaired) electrons. The number of hydrogen-bond acceptors (Lipinski definition) is 1. The van der Waals surface area contributed by atoms with Crippen molar-refractivity contribution in [1.29, 1.82) is 0 Å². The molecule has 2 rings (SSSR count). The van der Waals surface area contributed by atoms with E-state index < -0.39 is 0 Å². The van der Waals surface area contributed by atoms with Gasteiger partial charge in [0.25, 0.3) is 0 Å². The molecule has 15 heavy (non-hydrogen) atoms. The lowest BCUT2D eigenvalue weighted by molar-refractivity contribution is 0.598. The van der Waals surface area contributed by atoms with Crippen LogP contribution in [0.2, 0.25) is 0 Å². The zero-order valence-corrected chi connectivity index (χ0v) is 12.0. The van der Waals surface area contributed by atoms with Crippen LogP contribution in [-0.4, -0.2) is 16.3 Å². The minimum atomic E-state index is -0.148. The van der Waals surface area contributed by atoms with E-state index in [1.807, 2.05) is 11.8 Å². The minimum Gasteiger partial charge on any atom is -0.207 e. The van der Waals surface area contributed by atoms with Gasteiger partial charge in [0, 0.05) is 15.1 Å². The second-order valence-electron chi connectivity index (χ2n) is 3.75. The van der Waals surface area contributed by atoms with Gasteiger partial charge in [-0.2, -0.15) is 11.8 Å². The summed E-state index contributed by atoms with van der Waals surface area (Å²) in [7, 11) is 0. The van der Waals surface area contributed by atoms with Crippen molar-refractivity contribution < 1.29 is 4.39 Å². The van der Waals surface area contributed by atoms with Crippen molar-refractivity contribution in [2.24, 2.45) is 5.92 Å². The number of benzene rings is 1. The fourth-order valence-corrected chi connectivity index (χ4v) is 4.62. The first-order chi connectivity index (χ1) is 7.16. The molecule has 2 atom stereocenters. The molecule has 1 saturated heterocycles. The van der Waals surface area contributed by atoms with Crippen molar-refractivity contribution in [3.05, 3.63) is 34.1 Å². The molecule has 1 fully saturated rings. The summed E-state index contributed by atoms with van der Waals surface area (Å²) >= 11 is 9.11. The molecule has 2 unspecified atom stereocenters. The normalized spacial score (nSPS) is 25.8. The summed E-state index contributed by atoms with van der Waals surface area (Å²) < 4.78 is 14.1. The van der Waals surface area contributed by atoms with Crippen molar-refractivity contribution in [3.63, 3.8) is 0 Å². The van der Waals surface area contributed by atoms with Crippen LogP contribution in [0.5, 0.6) is 0 Å². The van der Waals surface area contributed by atoms with E-state index in [9.17, 15) is 4.39 Å². The quantitative estimate of drug-likeness (QED) is 0.716. The van der Waals surface area contributed by atoms with Crippen LogP contribution in [0.3, 0.4) is 0 Å². The number of rotatable bonds is 2. The molecule has 0 N–H and O–H groups in total. The molecule has 1 aliphatic heterocycles. The van der Waals surface area contributed by atoms with Crippen molar-refractivity contribution in [3.8, 4) is 0 Å². The van der Waals surface area contributed by atoms with Gasteiger partial charge in [-0.3, -0.25) is 0 Å². The lowest BCUT2D eigenvalue weighted by Gasteiger charge is -2.14. The summed E-state index contributed by atoms with van der Waals surface area (Å²) in [6.45, 7) is 0. The van der Waals surface area contributed by atoms with Crippen molar-refractivity contribution in [2.75, 3.05) is 11.5 Å². The molecule has 0 saturated carbocycles. The topological polar surface area (TPSA) is 0 Å². The Balaban J connectivity index is 2.12. The fourth-order valence-electron chi connectivity index (χ4n) is 1.74. The summed E-state index contributed by atoms with van der Waals surface area (Å²) in [5, 5.41) is 0. The maximum Gasteiger partial charge on any atom is 0.123 e. The second-order valence-corrected chi connectivity index (χ2v) is 6.86. The van der Waals surface area contributed by atoms with Crippen molar-refractivity contribution in [1.82, 2.24) is 0 Å². The lowest BCUT2D eigenvalue weighted by atomic mass is 9.99. The number of hydrogen-bond donors (Lipinski definition) is 0. The first-order valence-corrected chi connectivity index (χ1v) is 7.69. The van der Waals surface area contributed by atoms with E-state index in [-0.39, 0.29) is 5.82 Å². The molecule has 1 aromatic carbocycles. The molecule has 0 aromatic heterocycles. The molecule has 0 aliphatic carbocycles. The van der Waals surface area contributed by atoms with Crippen LogP contribution >= 0.6 is 43.6 Å². The van der Waals surface area contributed by atoms with E-state index in [1.165, 1.54) is 11.8 Å². The minimum absolute atomic E-state index is 0.148. The van der Waals surface area contributed by atoms with Crippen LogP contribution in [0.25, 0.3) is 0 Å². The maximum atomic E-state index is 13.1. The highest BCUT2D eigenvalue weighted by Gasteiger charge is 2.26. The van der Waals surface area contributed by atoms with Gasteiger partial charge in [-0.05, 0) is 41.9 Å². The van der Waals surface area contributed by atoms with E-state index in [2.05, 4.69) is 31.9 Å². The van der Waals surface area contributed by atoms with Gasteiger partial charge in [0.2, 0.25) is 0 Å². The third-order valence-electron chi connectivity index (χ3n) is 2.61. The van der Waals surface area contributed by atoms with Crippen molar-refractivity contribution in [2.45, 2.75) is 11.2 Å². The summed E-state index contributed by atoms with van der Waals surface area (Å²) in [4.78, 5) is 0.567. The molecule has 1 aliphatic rings. The maximum absolute atomic E-state index is 13.1. The second kappa shape index (κ2) is 5.19. The van der Waals surface area contributed by atoms with Gasteiger partial charge < -0.3 is 0 Å². The Hall–Kier alpha value is 0.460. The fraction of sp³-hybridized carbons (Fsp3) is 0.455. The van der Waals surface area contributed by atoms with Gasteiger partial charge in [-0.25, -0.2) is 4.39 Å². The Labute approximate surface area is 110 Å². The predicted molar refractivity (Wildman–Crippen MR) is 71.3 cm³/mol. The van der Waals surface area contributed by atoms with Crippen LogP contribution in [-0.2, 0) is 6.42 Å². The summed E-state index contributed by atoms with van der Waals surface area (Å²) in [6.07, 6.45) is 0.946. The largest absolute Gasteiger partial charge is 0.207 e. The van der Waals surface area contributed by atoms with Crippen LogP contribution in [0.4, 0.5) is 4.39 Å². The zero-order chi connectivity index (χ0) is 10.8. The molecule has 82 valence electrons. The molecule has 4 heteroatoms. The Bertz CT molecular complexity index is 356. The third-order valence-corrected chi connectivity index (χ3v) is 6.14. The number of halogens is 3. The standard InChI is InChI=1S/C11H11Br2FS/c12-10-2-1-9(14)4-7(10)3-8-5-15-6-11(8)13/h1-2,4,8,11H,3,5-6H2. The van der Waals surface area contributed by atoms with Gasteiger partial charge >= 0.3 is 0 Å². The molecular weight excluding hydrogens is 343 g/mol. The Kier molecular flexibility index (Phi) is 4.13. The SMILES string of the molecule is Fc1ccc(Br)c(CC2CSCC2Br)c1. The molecular formula is C11H11Br2FS.